The van der Waals surface area contributed by atoms with E-state index in [-0.39, 0.29) is 31.3 Å². The van der Waals surface area contributed by atoms with Crippen LogP contribution in [0.4, 0.5) is 13.2 Å². The fourth-order valence-corrected chi connectivity index (χ4v) is 3.11. The van der Waals surface area contributed by atoms with E-state index in [1.165, 1.54) is 23.1 Å². The Hall–Kier alpha value is -3.36. The van der Waals surface area contributed by atoms with Gasteiger partial charge in [-0.3, -0.25) is 4.79 Å². The van der Waals surface area contributed by atoms with Crippen LogP contribution < -0.4 is 4.74 Å². The number of hydrogen-bond donors (Lipinski definition) is 0. The Kier molecular flexibility index (Phi) is 4.96. The Morgan fingerprint density at radius 2 is 1.76 bits per heavy atom. The van der Waals surface area contributed by atoms with Gasteiger partial charge < -0.3 is 9.64 Å². The molecule has 0 bridgehead atoms. The van der Waals surface area contributed by atoms with Crippen molar-refractivity contribution in [3.63, 3.8) is 0 Å². The molecule has 2 heterocycles. The van der Waals surface area contributed by atoms with E-state index >= 15 is 0 Å². The highest BCUT2D eigenvalue weighted by atomic mass is 19.4. The number of alkyl halides is 3. The molecule has 0 N–H and O–H groups in total. The summed E-state index contributed by atoms with van der Waals surface area (Å²) >= 11 is 0. The highest BCUT2D eigenvalue weighted by Crippen LogP contribution is 2.33. The standard InChI is InChI=1S/C20H17F3N4O2/c21-20(22,23)18-9-5-4-8-17(18)19(28)26-11-15(12-26)27-10-14(24-25-27)13-29-16-6-2-1-3-7-16/h1-10,15H,11-13H2. The first-order valence-electron chi connectivity index (χ1n) is 8.96. The molecule has 4 rings (SSSR count). The molecule has 1 aliphatic rings. The van der Waals surface area contributed by atoms with Crippen molar-refractivity contribution < 1.29 is 22.7 Å². The quantitative estimate of drug-likeness (QED) is 0.655. The van der Waals surface area contributed by atoms with Gasteiger partial charge in [0, 0.05) is 13.1 Å². The summed E-state index contributed by atoms with van der Waals surface area (Å²) in [5.41, 5.74) is -0.635. The summed E-state index contributed by atoms with van der Waals surface area (Å²) in [6.45, 7) is 0.791. The Bertz CT molecular complexity index is 998. The summed E-state index contributed by atoms with van der Waals surface area (Å²) in [4.78, 5) is 13.9. The third-order valence-corrected chi connectivity index (χ3v) is 4.67. The summed E-state index contributed by atoms with van der Waals surface area (Å²) < 4.78 is 46.6. The maximum atomic E-state index is 13.1. The maximum Gasteiger partial charge on any atom is 0.417 e. The molecule has 1 fully saturated rings. The first-order valence-corrected chi connectivity index (χ1v) is 8.96. The normalized spacial score (nSPS) is 14.5. The molecule has 1 saturated heterocycles. The van der Waals surface area contributed by atoms with Crippen molar-refractivity contribution in [1.82, 2.24) is 19.9 Å². The van der Waals surface area contributed by atoms with E-state index in [0.717, 1.165) is 6.07 Å². The van der Waals surface area contributed by atoms with Crippen LogP contribution in [0.2, 0.25) is 0 Å². The summed E-state index contributed by atoms with van der Waals surface area (Å²) in [5, 5.41) is 8.09. The molecule has 0 atom stereocenters. The second-order valence-electron chi connectivity index (χ2n) is 6.70. The van der Waals surface area contributed by atoms with Crippen molar-refractivity contribution in [1.29, 1.82) is 0 Å². The zero-order valence-electron chi connectivity index (χ0n) is 15.2. The zero-order chi connectivity index (χ0) is 20.4. The fourth-order valence-electron chi connectivity index (χ4n) is 3.11. The van der Waals surface area contributed by atoms with E-state index in [1.54, 1.807) is 10.9 Å². The summed E-state index contributed by atoms with van der Waals surface area (Å²) in [6, 6.07) is 14.0. The van der Waals surface area contributed by atoms with Gasteiger partial charge in [0.05, 0.1) is 23.4 Å². The van der Waals surface area contributed by atoms with Gasteiger partial charge in [-0.15, -0.1) is 5.10 Å². The van der Waals surface area contributed by atoms with Crippen LogP contribution >= 0.6 is 0 Å². The molecule has 2 aromatic carbocycles. The largest absolute Gasteiger partial charge is 0.487 e. The molecule has 0 spiro atoms. The number of aromatic nitrogens is 3. The first kappa shape index (κ1) is 19.0. The number of halogens is 3. The molecule has 0 radical (unpaired) electrons. The van der Waals surface area contributed by atoms with Crippen molar-refractivity contribution in [2.75, 3.05) is 13.1 Å². The average Bonchev–Trinajstić information content (AvgIpc) is 3.14. The lowest BCUT2D eigenvalue weighted by molar-refractivity contribution is -0.138. The van der Waals surface area contributed by atoms with E-state index < -0.39 is 17.6 Å². The molecule has 0 aliphatic carbocycles. The number of carbonyl (C=O) groups excluding carboxylic acids is 1. The average molecular weight is 402 g/mol. The number of benzene rings is 2. The molecule has 150 valence electrons. The lowest BCUT2D eigenvalue weighted by Crippen LogP contribution is -2.51. The molecule has 0 unspecified atom stereocenters. The van der Waals surface area contributed by atoms with E-state index in [0.29, 0.717) is 11.4 Å². The molecular weight excluding hydrogens is 385 g/mol. The number of carbonyl (C=O) groups is 1. The number of amides is 1. The van der Waals surface area contributed by atoms with Crippen LogP contribution in [-0.4, -0.2) is 38.9 Å². The van der Waals surface area contributed by atoms with Gasteiger partial charge in [0.2, 0.25) is 0 Å². The van der Waals surface area contributed by atoms with Crippen molar-refractivity contribution >= 4 is 5.91 Å². The lowest BCUT2D eigenvalue weighted by atomic mass is 10.0. The summed E-state index contributed by atoms with van der Waals surface area (Å²) in [7, 11) is 0. The molecular formula is C20H17F3N4O2. The Balaban J connectivity index is 1.36. The molecule has 1 aliphatic heterocycles. The van der Waals surface area contributed by atoms with Crippen molar-refractivity contribution in [2.45, 2.75) is 18.8 Å². The van der Waals surface area contributed by atoms with Gasteiger partial charge in [-0.05, 0) is 24.3 Å². The first-order chi connectivity index (χ1) is 13.9. The van der Waals surface area contributed by atoms with Crippen LogP contribution in [0.1, 0.15) is 27.7 Å². The number of para-hydroxylation sites is 1. The van der Waals surface area contributed by atoms with Gasteiger partial charge >= 0.3 is 6.18 Å². The van der Waals surface area contributed by atoms with Gasteiger partial charge in [-0.1, -0.05) is 35.5 Å². The SMILES string of the molecule is O=C(c1ccccc1C(F)(F)F)N1CC(n2cc(COc3ccccc3)nn2)C1. The Labute approximate surface area is 164 Å². The van der Waals surface area contributed by atoms with Crippen molar-refractivity contribution in [3.05, 3.63) is 77.6 Å². The molecule has 1 aromatic heterocycles. The third-order valence-electron chi connectivity index (χ3n) is 4.67. The molecule has 1 amide bonds. The highest BCUT2D eigenvalue weighted by molar-refractivity contribution is 5.96. The monoisotopic (exact) mass is 402 g/mol. The Morgan fingerprint density at radius 1 is 1.07 bits per heavy atom. The summed E-state index contributed by atoms with van der Waals surface area (Å²) in [5.74, 6) is 0.0766. The number of rotatable bonds is 5. The minimum absolute atomic E-state index is 0.130. The van der Waals surface area contributed by atoms with Gasteiger partial charge in [-0.25, -0.2) is 4.68 Å². The zero-order valence-corrected chi connectivity index (χ0v) is 15.2. The topological polar surface area (TPSA) is 60.2 Å². The van der Waals surface area contributed by atoms with Crippen molar-refractivity contribution in [3.8, 4) is 5.75 Å². The minimum atomic E-state index is -4.57. The second-order valence-corrected chi connectivity index (χ2v) is 6.70. The predicted molar refractivity (Wildman–Crippen MR) is 97.2 cm³/mol. The van der Waals surface area contributed by atoms with E-state index in [2.05, 4.69) is 10.3 Å². The van der Waals surface area contributed by atoms with Crippen LogP contribution in [0.3, 0.4) is 0 Å². The van der Waals surface area contributed by atoms with Crippen LogP contribution in [-0.2, 0) is 12.8 Å². The summed E-state index contributed by atoms with van der Waals surface area (Å²) in [6.07, 6.45) is -2.85. The van der Waals surface area contributed by atoms with E-state index in [9.17, 15) is 18.0 Å². The lowest BCUT2D eigenvalue weighted by Gasteiger charge is -2.39. The molecule has 9 heteroatoms. The third kappa shape index (κ3) is 4.08. The van der Waals surface area contributed by atoms with Gasteiger partial charge in [0.25, 0.3) is 5.91 Å². The molecule has 3 aromatic rings. The predicted octanol–water partition coefficient (Wildman–Crippen LogP) is 3.57. The Morgan fingerprint density at radius 3 is 2.48 bits per heavy atom. The molecule has 0 saturated carbocycles. The van der Waals surface area contributed by atoms with Gasteiger partial charge in [-0.2, -0.15) is 13.2 Å². The van der Waals surface area contributed by atoms with Gasteiger partial charge in [0.1, 0.15) is 18.1 Å². The highest BCUT2D eigenvalue weighted by Gasteiger charge is 2.39. The number of hydrogen-bond acceptors (Lipinski definition) is 4. The number of ether oxygens (including phenoxy) is 1. The number of nitrogens with zero attached hydrogens (tertiary/aromatic N) is 4. The van der Waals surface area contributed by atoms with Crippen molar-refractivity contribution in [2.24, 2.45) is 0 Å². The van der Waals surface area contributed by atoms with E-state index in [4.69, 9.17) is 4.74 Å². The molecule has 29 heavy (non-hydrogen) atoms. The smallest absolute Gasteiger partial charge is 0.417 e. The maximum absolute atomic E-state index is 13.1. The second kappa shape index (κ2) is 7.57. The van der Waals surface area contributed by atoms with Crippen LogP contribution in [0.5, 0.6) is 5.75 Å². The fraction of sp³-hybridized carbons (Fsp3) is 0.250. The van der Waals surface area contributed by atoms with E-state index in [1.807, 2.05) is 30.3 Å². The minimum Gasteiger partial charge on any atom is -0.487 e. The van der Waals surface area contributed by atoms with Gasteiger partial charge in [0.15, 0.2) is 0 Å². The number of likely N-dealkylation sites (tertiary alicyclic amines) is 1. The van der Waals surface area contributed by atoms with Crippen LogP contribution in [0, 0.1) is 0 Å². The molecule has 6 nitrogen and oxygen atoms in total. The van der Waals surface area contributed by atoms with Crippen LogP contribution in [0.15, 0.2) is 60.8 Å². The van der Waals surface area contributed by atoms with Crippen LogP contribution in [0.25, 0.3) is 0 Å².